The van der Waals surface area contributed by atoms with E-state index in [9.17, 15) is 10.1 Å². The van der Waals surface area contributed by atoms with Gasteiger partial charge >= 0.3 is 0 Å². The Bertz CT molecular complexity index is 3130. The number of rotatable bonds is 6. The number of hydrogen-bond acceptors (Lipinski definition) is 5. The van der Waals surface area contributed by atoms with Gasteiger partial charge in [0.25, 0.3) is 17.6 Å². The van der Waals surface area contributed by atoms with Crippen molar-refractivity contribution in [3.05, 3.63) is 198 Å². The van der Waals surface area contributed by atoms with Crippen molar-refractivity contribution in [2.75, 3.05) is 4.90 Å². The highest BCUT2D eigenvalue weighted by molar-refractivity contribution is 6.37. The molecule has 0 N–H and O–H groups in total. The molecule has 0 atom stereocenters. The predicted molar refractivity (Wildman–Crippen MR) is 227 cm³/mol. The van der Waals surface area contributed by atoms with Crippen LogP contribution >= 0.6 is 0 Å². The van der Waals surface area contributed by atoms with Crippen LogP contribution in [0, 0.1) is 17.9 Å². The first-order valence-corrected chi connectivity index (χ1v) is 18.6. The number of nitrogens with zero attached hydrogens (tertiary/aromatic N) is 6. The third-order valence-electron chi connectivity index (χ3n) is 10.6. The molecule has 6 aromatic carbocycles. The normalized spacial score (nSPS) is 12.1. The van der Waals surface area contributed by atoms with Crippen molar-refractivity contribution in [3.63, 3.8) is 0 Å². The lowest BCUT2D eigenvalue weighted by Crippen LogP contribution is -2.30. The summed E-state index contributed by atoms with van der Waals surface area (Å²) in [5.74, 6) is -0.564. The first kappa shape index (κ1) is 34.1. The summed E-state index contributed by atoms with van der Waals surface area (Å²) in [6, 6.07) is 55.7. The lowest BCUT2D eigenvalue weighted by Gasteiger charge is -2.22. The molecule has 8 nitrogen and oxygen atoms in total. The van der Waals surface area contributed by atoms with E-state index in [0.717, 1.165) is 55.2 Å². The van der Waals surface area contributed by atoms with Gasteiger partial charge in [-0.1, -0.05) is 116 Å². The molecule has 9 aromatic rings. The Kier molecular flexibility index (Phi) is 8.04. The predicted octanol–water partition coefficient (Wildman–Crippen LogP) is 11.5. The van der Waals surface area contributed by atoms with Crippen LogP contribution < -0.4 is 4.90 Å². The highest BCUT2D eigenvalue weighted by atomic mass is 16.2. The maximum Gasteiger partial charge on any atom is 0.270 e. The molecule has 0 fully saturated rings. The Morgan fingerprint density at radius 2 is 1.10 bits per heavy atom. The molecule has 0 spiro atoms. The third-order valence-corrected chi connectivity index (χ3v) is 10.6. The summed E-state index contributed by atoms with van der Waals surface area (Å²) in [6.07, 6.45) is 0. The summed E-state index contributed by atoms with van der Waals surface area (Å²) in [5, 5.41) is 11.4. The Morgan fingerprint density at radius 1 is 0.517 bits per heavy atom. The zero-order valence-corrected chi connectivity index (χ0v) is 30.7. The van der Waals surface area contributed by atoms with Crippen LogP contribution in [0.5, 0.6) is 0 Å². The number of pyridine rings is 2. The number of carbonyl (C=O) groups is 2. The van der Waals surface area contributed by atoms with E-state index in [1.165, 1.54) is 4.90 Å². The lowest BCUT2D eigenvalue weighted by molar-refractivity contribution is 0.0926. The van der Waals surface area contributed by atoms with Gasteiger partial charge in [0, 0.05) is 27.5 Å². The van der Waals surface area contributed by atoms with Crippen LogP contribution in [0.25, 0.3) is 77.1 Å². The van der Waals surface area contributed by atoms with Crippen molar-refractivity contribution >= 4 is 45.1 Å². The summed E-state index contributed by atoms with van der Waals surface area (Å²) in [5.41, 5.74) is 9.79. The molecule has 1 aliphatic rings. The average Bonchev–Trinajstić information content (AvgIpc) is 3.75. The molecule has 3 aromatic heterocycles. The standard InChI is InChI=1S/C50H28N6O2/c1-52-46-23-11-20-41(54-46)34-25-27-38-37-26-24-33(40-19-8-16-35(30-51)53-40)28-44(37)55(45(38)29-34)43-22-10-18-39-48(43)50(58)56(49(39)57)42-21-9-17-36(31-12-4-2-5-13-31)47(42)32-14-6-3-7-15-32/h2-29H. The van der Waals surface area contributed by atoms with E-state index < -0.39 is 11.8 Å². The fourth-order valence-corrected chi connectivity index (χ4v) is 8.07. The quantitative estimate of drug-likeness (QED) is 0.125. The van der Waals surface area contributed by atoms with Crippen LogP contribution in [-0.4, -0.2) is 26.3 Å². The molecule has 270 valence electrons. The molecule has 0 bridgehead atoms. The van der Waals surface area contributed by atoms with Gasteiger partial charge in [0.05, 0.1) is 39.2 Å². The van der Waals surface area contributed by atoms with Gasteiger partial charge in [0.1, 0.15) is 11.8 Å². The lowest BCUT2D eigenvalue weighted by atomic mass is 9.92. The second kappa shape index (κ2) is 13.7. The van der Waals surface area contributed by atoms with Gasteiger partial charge in [-0.2, -0.15) is 5.26 Å². The molecule has 8 heteroatoms. The molecule has 58 heavy (non-hydrogen) atoms. The van der Waals surface area contributed by atoms with Gasteiger partial charge in [-0.3, -0.25) is 9.59 Å². The summed E-state index contributed by atoms with van der Waals surface area (Å²) in [6.45, 7) is 7.54. The molecule has 2 amide bonds. The Morgan fingerprint density at radius 3 is 1.76 bits per heavy atom. The first-order chi connectivity index (χ1) is 28.5. The van der Waals surface area contributed by atoms with Crippen molar-refractivity contribution in [1.82, 2.24) is 14.5 Å². The largest absolute Gasteiger partial charge is 0.361 e. The number of aromatic nitrogens is 3. The molecule has 0 saturated heterocycles. The van der Waals surface area contributed by atoms with Crippen LogP contribution in [-0.2, 0) is 0 Å². The number of anilines is 1. The highest BCUT2D eigenvalue weighted by Gasteiger charge is 2.41. The van der Waals surface area contributed by atoms with Gasteiger partial charge in [0.2, 0.25) is 0 Å². The molecule has 4 heterocycles. The van der Waals surface area contributed by atoms with E-state index in [1.54, 1.807) is 24.3 Å². The van der Waals surface area contributed by atoms with Crippen molar-refractivity contribution in [2.24, 2.45) is 0 Å². The minimum atomic E-state index is -0.435. The average molecular weight is 745 g/mol. The van der Waals surface area contributed by atoms with Gasteiger partial charge in [-0.05, 0) is 77.4 Å². The van der Waals surface area contributed by atoms with Crippen molar-refractivity contribution in [3.8, 4) is 56.5 Å². The van der Waals surface area contributed by atoms with Crippen LogP contribution in [0.15, 0.2) is 170 Å². The monoisotopic (exact) mass is 744 g/mol. The van der Waals surface area contributed by atoms with Crippen LogP contribution in [0.3, 0.4) is 0 Å². The van der Waals surface area contributed by atoms with Gasteiger partial charge in [-0.15, -0.1) is 4.98 Å². The summed E-state index contributed by atoms with van der Waals surface area (Å²) in [7, 11) is 0. The maximum absolute atomic E-state index is 15.2. The number of benzene rings is 6. The zero-order chi connectivity index (χ0) is 39.3. The van der Waals surface area contributed by atoms with Crippen LogP contribution in [0.2, 0.25) is 0 Å². The van der Waals surface area contributed by atoms with E-state index in [0.29, 0.717) is 34.0 Å². The topological polar surface area (TPSA) is 96.2 Å². The van der Waals surface area contributed by atoms with Gasteiger partial charge in [0.15, 0.2) is 5.69 Å². The van der Waals surface area contributed by atoms with Crippen molar-refractivity contribution in [1.29, 1.82) is 5.26 Å². The molecular weight excluding hydrogens is 717 g/mol. The zero-order valence-electron chi connectivity index (χ0n) is 30.7. The summed E-state index contributed by atoms with van der Waals surface area (Å²) >= 11 is 0. The first-order valence-electron chi connectivity index (χ1n) is 18.6. The third kappa shape index (κ3) is 5.44. The SMILES string of the molecule is [C-]#[N+]c1cccc(-c2ccc3c4ccc(-c5cccc(C#N)n5)cc4n(-c4cccc5c4C(=O)N(c4cccc(-c6ccccc6)c4-c4ccccc4)C5=O)c3c2)n1. The number of imide groups is 1. The number of carbonyl (C=O) groups excluding carboxylic acids is 2. The van der Waals surface area contributed by atoms with Crippen molar-refractivity contribution in [2.45, 2.75) is 0 Å². The van der Waals surface area contributed by atoms with Crippen LogP contribution in [0.4, 0.5) is 11.5 Å². The van der Waals surface area contributed by atoms with E-state index in [-0.39, 0.29) is 11.4 Å². The second-order valence-corrected chi connectivity index (χ2v) is 13.9. The second-order valence-electron chi connectivity index (χ2n) is 13.9. The van der Waals surface area contributed by atoms with Gasteiger partial charge < -0.3 is 9.41 Å². The molecule has 0 unspecified atom stereocenters. The number of fused-ring (bicyclic) bond motifs is 4. The fraction of sp³-hybridized carbons (Fsp3) is 0. The Balaban J connectivity index is 1.22. The van der Waals surface area contributed by atoms with Crippen molar-refractivity contribution < 1.29 is 9.59 Å². The Labute approximate surface area is 333 Å². The van der Waals surface area contributed by atoms with Crippen LogP contribution in [0.1, 0.15) is 26.4 Å². The van der Waals surface area contributed by atoms with E-state index in [4.69, 9.17) is 6.57 Å². The van der Waals surface area contributed by atoms with E-state index in [1.807, 2.05) is 150 Å². The summed E-state index contributed by atoms with van der Waals surface area (Å²) in [4.78, 5) is 43.9. The molecule has 0 saturated carbocycles. The number of nitriles is 1. The smallest absolute Gasteiger partial charge is 0.270 e. The van der Waals surface area contributed by atoms with Gasteiger partial charge in [-0.25, -0.2) is 9.88 Å². The maximum atomic E-state index is 15.2. The Hall–Kier alpha value is -8.46. The highest BCUT2D eigenvalue weighted by Crippen LogP contribution is 2.44. The minimum absolute atomic E-state index is 0.281. The molecule has 0 aliphatic carbocycles. The fourth-order valence-electron chi connectivity index (χ4n) is 8.07. The number of amides is 2. The summed E-state index contributed by atoms with van der Waals surface area (Å²) < 4.78 is 2.02. The molecular formula is C50H28N6O2. The molecule has 1 aliphatic heterocycles. The van der Waals surface area contributed by atoms with E-state index in [2.05, 4.69) is 20.9 Å². The molecule has 0 radical (unpaired) electrons. The minimum Gasteiger partial charge on any atom is -0.361 e. The van der Waals surface area contributed by atoms with E-state index >= 15 is 4.79 Å². The number of hydrogen-bond donors (Lipinski definition) is 0. The molecule has 10 rings (SSSR count).